The molecule has 2 aromatic carbocycles. The Balaban J connectivity index is 1.06. The molecule has 8 heteroatoms. The summed E-state index contributed by atoms with van der Waals surface area (Å²) in [6.45, 7) is 1.90. The SMILES string of the molecule is COc1cc(N2COc3cc(OC[C@H]4CCCO4)ncc3C2=O)ccc1OCCC1CC1c1ccccc1. The second-order valence-electron chi connectivity index (χ2n) is 9.96. The third-order valence-corrected chi connectivity index (χ3v) is 7.46. The van der Waals surface area contributed by atoms with Crippen molar-refractivity contribution >= 4 is 11.6 Å². The number of carbonyl (C=O) groups excluding carboxylic acids is 1. The number of pyridine rings is 1. The Morgan fingerprint density at radius 1 is 1.08 bits per heavy atom. The number of benzene rings is 2. The molecule has 0 bridgehead atoms. The number of ether oxygens (including phenoxy) is 5. The zero-order chi connectivity index (χ0) is 25.9. The summed E-state index contributed by atoms with van der Waals surface area (Å²) in [4.78, 5) is 19.1. The van der Waals surface area contributed by atoms with Gasteiger partial charge in [0, 0.05) is 24.9 Å². The zero-order valence-electron chi connectivity index (χ0n) is 21.5. The van der Waals surface area contributed by atoms with Crippen molar-refractivity contribution in [3.05, 3.63) is 71.9 Å². The highest BCUT2D eigenvalue weighted by molar-refractivity contribution is 6.08. The molecule has 8 nitrogen and oxygen atoms in total. The van der Waals surface area contributed by atoms with Gasteiger partial charge in [-0.25, -0.2) is 4.98 Å². The van der Waals surface area contributed by atoms with Gasteiger partial charge in [-0.3, -0.25) is 9.69 Å². The number of hydrogen-bond acceptors (Lipinski definition) is 7. The number of carbonyl (C=O) groups is 1. The van der Waals surface area contributed by atoms with Gasteiger partial charge in [0.2, 0.25) is 5.88 Å². The van der Waals surface area contributed by atoms with Gasteiger partial charge in [-0.05, 0) is 55.2 Å². The van der Waals surface area contributed by atoms with Crippen molar-refractivity contribution in [2.45, 2.75) is 37.7 Å². The van der Waals surface area contributed by atoms with Gasteiger partial charge in [-0.1, -0.05) is 30.3 Å². The maximum absolute atomic E-state index is 13.3. The number of rotatable bonds is 10. The van der Waals surface area contributed by atoms with E-state index in [1.54, 1.807) is 24.1 Å². The topological polar surface area (TPSA) is 79.4 Å². The zero-order valence-corrected chi connectivity index (χ0v) is 21.5. The Kier molecular flexibility index (Phi) is 7.05. The Morgan fingerprint density at radius 3 is 2.79 bits per heavy atom. The van der Waals surface area contributed by atoms with Crippen molar-refractivity contribution in [3.63, 3.8) is 0 Å². The lowest BCUT2D eigenvalue weighted by atomic mass is 10.1. The number of anilines is 1. The first-order valence-electron chi connectivity index (χ1n) is 13.2. The van der Waals surface area contributed by atoms with Crippen LogP contribution < -0.4 is 23.8 Å². The van der Waals surface area contributed by atoms with Crippen molar-refractivity contribution in [2.24, 2.45) is 5.92 Å². The average Bonchev–Trinajstić information content (AvgIpc) is 3.54. The predicted molar refractivity (Wildman–Crippen MR) is 141 cm³/mol. The van der Waals surface area contributed by atoms with Gasteiger partial charge >= 0.3 is 0 Å². The maximum Gasteiger partial charge on any atom is 0.266 e. The summed E-state index contributed by atoms with van der Waals surface area (Å²) < 4.78 is 28.9. The van der Waals surface area contributed by atoms with Crippen molar-refractivity contribution in [1.29, 1.82) is 0 Å². The van der Waals surface area contributed by atoms with E-state index in [0.29, 0.717) is 59.4 Å². The Hall–Kier alpha value is -3.78. The standard InChI is InChI=1S/C30H32N2O6/c1-34-28-15-22(9-10-26(28)36-13-11-21-14-24(21)20-6-3-2-4-7-20)32-19-38-27-16-29(31-17-25(27)30(32)33)37-18-23-8-5-12-35-23/h2-4,6-7,9-10,15-17,21,23-24H,5,8,11-14,18-19H2,1H3/t21?,23-,24?/m1/s1. The largest absolute Gasteiger partial charge is 0.493 e. The molecule has 2 fully saturated rings. The number of methoxy groups -OCH3 is 1. The normalized spacial score (nSPS) is 22.0. The molecule has 3 atom stereocenters. The molecule has 0 N–H and O–H groups in total. The number of hydrogen-bond donors (Lipinski definition) is 0. The van der Waals surface area contributed by atoms with Gasteiger partial charge in [0.25, 0.3) is 5.91 Å². The number of fused-ring (bicyclic) bond motifs is 1. The molecular weight excluding hydrogens is 484 g/mol. The van der Waals surface area contributed by atoms with Crippen molar-refractivity contribution in [3.8, 4) is 23.1 Å². The first kappa shape index (κ1) is 24.6. The van der Waals surface area contributed by atoms with Gasteiger partial charge in [-0.2, -0.15) is 0 Å². The second kappa shape index (κ2) is 10.9. The van der Waals surface area contributed by atoms with Crippen LogP contribution in [0.3, 0.4) is 0 Å². The first-order valence-corrected chi connectivity index (χ1v) is 13.2. The van der Waals surface area contributed by atoms with Crippen LogP contribution in [0, 0.1) is 5.92 Å². The third kappa shape index (κ3) is 5.27. The molecular formula is C30H32N2O6. The molecule has 38 heavy (non-hydrogen) atoms. The van der Waals surface area contributed by atoms with Crippen LogP contribution in [0.5, 0.6) is 23.1 Å². The van der Waals surface area contributed by atoms with Crippen LogP contribution in [0.1, 0.15) is 47.5 Å². The summed E-state index contributed by atoms with van der Waals surface area (Å²) >= 11 is 0. The van der Waals surface area contributed by atoms with Crippen molar-refractivity contribution in [1.82, 2.24) is 4.98 Å². The maximum atomic E-state index is 13.3. The van der Waals surface area contributed by atoms with Crippen LogP contribution in [-0.2, 0) is 4.74 Å². The molecule has 198 valence electrons. The number of aromatic nitrogens is 1. The van der Waals surface area contributed by atoms with E-state index >= 15 is 0 Å². The fourth-order valence-electron chi connectivity index (χ4n) is 5.20. The van der Waals surface area contributed by atoms with Crippen LogP contribution in [0.25, 0.3) is 0 Å². The van der Waals surface area contributed by atoms with E-state index in [1.807, 2.05) is 12.1 Å². The average molecular weight is 517 g/mol. The molecule has 3 aliphatic rings. The van der Waals surface area contributed by atoms with Crippen LogP contribution >= 0.6 is 0 Å². The predicted octanol–water partition coefficient (Wildman–Crippen LogP) is 5.22. The molecule has 1 aromatic heterocycles. The second-order valence-corrected chi connectivity index (χ2v) is 9.96. The molecule has 1 saturated heterocycles. The first-order chi connectivity index (χ1) is 18.7. The summed E-state index contributed by atoms with van der Waals surface area (Å²) in [6.07, 6.45) is 5.83. The molecule has 2 aliphatic heterocycles. The molecule has 3 aromatic rings. The lowest BCUT2D eigenvalue weighted by Gasteiger charge is -2.29. The van der Waals surface area contributed by atoms with E-state index in [0.717, 1.165) is 25.9 Å². The number of nitrogens with zero attached hydrogens (tertiary/aromatic N) is 2. The van der Waals surface area contributed by atoms with E-state index in [4.69, 9.17) is 23.7 Å². The van der Waals surface area contributed by atoms with E-state index in [1.165, 1.54) is 18.2 Å². The van der Waals surface area contributed by atoms with Gasteiger partial charge in [0.05, 0.1) is 25.5 Å². The highest BCUT2D eigenvalue weighted by atomic mass is 16.5. The summed E-state index contributed by atoms with van der Waals surface area (Å²) in [5.41, 5.74) is 2.46. The van der Waals surface area contributed by atoms with Crippen LogP contribution in [-0.4, -0.2) is 50.7 Å². The van der Waals surface area contributed by atoms with Gasteiger partial charge < -0.3 is 23.7 Å². The molecule has 6 rings (SSSR count). The number of amides is 1. The Bertz CT molecular complexity index is 1280. The highest BCUT2D eigenvalue weighted by Gasteiger charge is 2.37. The van der Waals surface area contributed by atoms with Gasteiger partial charge in [-0.15, -0.1) is 0 Å². The van der Waals surface area contributed by atoms with Gasteiger partial charge in [0.15, 0.2) is 18.2 Å². The minimum atomic E-state index is -0.194. The fraction of sp³-hybridized carbons (Fsp3) is 0.400. The van der Waals surface area contributed by atoms with E-state index < -0.39 is 0 Å². The third-order valence-electron chi connectivity index (χ3n) is 7.46. The molecule has 2 unspecified atom stereocenters. The van der Waals surface area contributed by atoms with Crippen molar-refractivity contribution in [2.75, 3.05) is 38.6 Å². The smallest absolute Gasteiger partial charge is 0.266 e. The van der Waals surface area contributed by atoms with E-state index in [-0.39, 0.29) is 18.7 Å². The molecule has 0 radical (unpaired) electrons. The Labute approximate surface area is 222 Å². The monoisotopic (exact) mass is 516 g/mol. The summed E-state index contributed by atoms with van der Waals surface area (Å²) in [6, 6.07) is 17.8. The summed E-state index contributed by atoms with van der Waals surface area (Å²) in [7, 11) is 1.60. The van der Waals surface area contributed by atoms with Crippen LogP contribution in [0.15, 0.2) is 60.8 Å². The Morgan fingerprint density at radius 2 is 1.97 bits per heavy atom. The summed E-state index contributed by atoms with van der Waals surface area (Å²) in [5.74, 6) is 3.22. The minimum absolute atomic E-state index is 0.0763. The molecule has 0 spiro atoms. The molecule has 1 aliphatic carbocycles. The quantitative estimate of drug-likeness (QED) is 0.366. The van der Waals surface area contributed by atoms with E-state index in [9.17, 15) is 4.79 Å². The molecule has 1 amide bonds. The summed E-state index contributed by atoms with van der Waals surface area (Å²) in [5, 5.41) is 0. The fourth-order valence-corrected chi connectivity index (χ4v) is 5.20. The minimum Gasteiger partial charge on any atom is -0.493 e. The lowest BCUT2D eigenvalue weighted by molar-refractivity contribution is 0.0661. The van der Waals surface area contributed by atoms with E-state index in [2.05, 4.69) is 35.3 Å². The van der Waals surface area contributed by atoms with Crippen LogP contribution in [0.2, 0.25) is 0 Å². The molecule has 3 heterocycles. The highest BCUT2D eigenvalue weighted by Crippen LogP contribution is 2.49. The molecule has 1 saturated carbocycles. The lowest BCUT2D eigenvalue weighted by Crippen LogP contribution is -2.38. The van der Waals surface area contributed by atoms with Crippen molar-refractivity contribution < 1.29 is 28.5 Å². The van der Waals surface area contributed by atoms with Gasteiger partial charge in [0.1, 0.15) is 17.9 Å². The van der Waals surface area contributed by atoms with Crippen LogP contribution in [0.4, 0.5) is 5.69 Å².